The Bertz CT molecular complexity index is 1820. The summed E-state index contributed by atoms with van der Waals surface area (Å²) in [5, 5.41) is 13.6. The Labute approximate surface area is 324 Å². The van der Waals surface area contributed by atoms with Gasteiger partial charge < -0.3 is 44.8 Å². The predicted octanol–water partition coefficient (Wildman–Crippen LogP) is 0.911. The highest BCUT2D eigenvalue weighted by molar-refractivity contribution is 6.01. The van der Waals surface area contributed by atoms with Gasteiger partial charge in [0.05, 0.1) is 6.54 Å². The van der Waals surface area contributed by atoms with Gasteiger partial charge in [-0.1, -0.05) is 0 Å². The summed E-state index contributed by atoms with van der Waals surface area (Å²) in [5.41, 5.74) is 3.70. The molecule has 3 aliphatic heterocycles. The molecule has 296 valence electrons. The van der Waals surface area contributed by atoms with Crippen molar-refractivity contribution >= 4 is 35.8 Å². The summed E-state index contributed by atoms with van der Waals surface area (Å²) >= 11 is 0. The lowest BCUT2D eigenvalue weighted by Crippen LogP contribution is -2.55. The number of likely N-dealkylation sites (N-methyl/N-ethyl adjacent to an activating group) is 1. The van der Waals surface area contributed by atoms with E-state index < -0.39 is 0 Å². The molecule has 0 aliphatic carbocycles. The first-order valence-corrected chi connectivity index (χ1v) is 19.0. The van der Waals surface area contributed by atoms with Crippen LogP contribution >= 0.6 is 0 Å². The van der Waals surface area contributed by atoms with E-state index in [0.29, 0.717) is 32.0 Å². The summed E-state index contributed by atoms with van der Waals surface area (Å²) in [7, 11) is 11.9. The molecule has 3 aliphatic rings. The lowest BCUT2D eigenvalue weighted by atomic mass is 10.2. The van der Waals surface area contributed by atoms with Gasteiger partial charge in [0.15, 0.2) is 12.1 Å². The zero-order valence-electron chi connectivity index (χ0n) is 33.2. The van der Waals surface area contributed by atoms with Crippen LogP contribution in [0.25, 0.3) is 0 Å². The Morgan fingerprint density at radius 1 is 0.564 bits per heavy atom. The van der Waals surface area contributed by atoms with Crippen LogP contribution in [0, 0.1) is 0 Å². The Balaban J connectivity index is 1.23. The van der Waals surface area contributed by atoms with Crippen LogP contribution in [-0.2, 0) is 19.3 Å². The summed E-state index contributed by atoms with van der Waals surface area (Å²) in [6.07, 6.45) is 14.3. The summed E-state index contributed by atoms with van der Waals surface area (Å²) < 4.78 is 0. The summed E-state index contributed by atoms with van der Waals surface area (Å²) in [6, 6.07) is 6.33. The fourth-order valence-electron chi connectivity index (χ4n) is 6.37. The van der Waals surface area contributed by atoms with Crippen LogP contribution in [0.4, 0.5) is 0 Å². The Morgan fingerprint density at radius 2 is 1.07 bits per heavy atom. The molecular weight excluding hydrogens is 697 g/mol. The van der Waals surface area contributed by atoms with Gasteiger partial charge in [0.25, 0.3) is 0 Å². The van der Waals surface area contributed by atoms with Crippen LogP contribution in [-0.4, -0.2) is 169 Å². The molecule has 6 rings (SSSR count). The second kappa shape index (κ2) is 18.4. The molecule has 0 spiro atoms. The smallest absolute Gasteiger partial charge is 0.203 e. The van der Waals surface area contributed by atoms with Gasteiger partial charge >= 0.3 is 0 Å². The molecule has 0 radical (unpaired) electrons. The third-order valence-electron chi connectivity index (χ3n) is 9.54. The van der Waals surface area contributed by atoms with E-state index in [-0.39, 0.29) is 18.5 Å². The monoisotopic (exact) mass is 755 g/mol. The van der Waals surface area contributed by atoms with Crippen LogP contribution < -0.4 is 21.3 Å². The minimum Gasteiger partial charge on any atom is -0.367 e. The summed E-state index contributed by atoms with van der Waals surface area (Å²) in [5.74, 6) is 4.55. The highest BCUT2D eigenvalue weighted by Crippen LogP contribution is 2.15. The molecule has 0 amide bonds. The van der Waals surface area contributed by atoms with E-state index in [1.54, 1.807) is 0 Å². The van der Waals surface area contributed by atoms with Gasteiger partial charge in [0, 0.05) is 112 Å². The molecule has 18 nitrogen and oxygen atoms in total. The number of rotatable bonds is 14. The van der Waals surface area contributed by atoms with Gasteiger partial charge in [-0.05, 0) is 61.1 Å². The molecule has 0 bridgehead atoms. The number of H-pyrrole nitrogens is 3. The lowest BCUT2D eigenvalue weighted by Gasteiger charge is -2.35. The van der Waals surface area contributed by atoms with Gasteiger partial charge in [-0.15, -0.1) is 0 Å². The molecule has 3 aromatic rings. The average Bonchev–Trinajstić information content (AvgIpc) is 4.00. The van der Waals surface area contributed by atoms with Crippen molar-refractivity contribution in [1.29, 1.82) is 0 Å². The molecule has 0 saturated carbocycles. The zero-order chi connectivity index (χ0) is 38.7. The molecular formula is C37H58N18. The van der Waals surface area contributed by atoms with E-state index in [0.717, 1.165) is 62.1 Å². The third kappa shape index (κ3) is 10.8. The lowest BCUT2D eigenvalue weighted by molar-refractivity contribution is 0.359. The number of nitrogens with zero attached hydrogens (tertiary/aromatic N) is 11. The van der Waals surface area contributed by atoms with E-state index in [2.05, 4.69) is 81.2 Å². The standard InChI is InChI=1S/C37H58N18/c1-26-42-33(51(3)4)49-36(43-26)54(19-12-28-9-16-40-23-28)21-14-30-45-34(52(5)6)50-37(46-30)55(20-13-29-10-17-41-24-29)25-31-44-32(38-2)48-35(47-31)53(7)18-11-27-8-15-39-22-27/h8-10,15-17,22-24,26,30-31,39-41H,11-14,18-21,25H2,1-7H3,(H,42,43,49)(H,45,46,50)(H2,38,44,47,48). The quantitative estimate of drug-likeness (QED) is 0.126. The van der Waals surface area contributed by atoms with Crippen molar-refractivity contribution in [3.63, 3.8) is 0 Å². The Kier molecular flexibility index (Phi) is 13.0. The highest BCUT2D eigenvalue weighted by Gasteiger charge is 2.28. The van der Waals surface area contributed by atoms with Crippen molar-refractivity contribution in [2.24, 2.45) is 30.0 Å². The number of aromatic nitrogens is 3. The predicted molar refractivity (Wildman–Crippen MR) is 221 cm³/mol. The van der Waals surface area contributed by atoms with Crippen LogP contribution in [0.3, 0.4) is 0 Å². The average molecular weight is 755 g/mol. The van der Waals surface area contributed by atoms with E-state index in [9.17, 15) is 0 Å². The zero-order valence-corrected chi connectivity index (χ0v) is 33.2. The Morgan fingerprint density at radius 3 is 1.64 bits per heavy atom. The number of hydrogen-bond donors (Lipinski definition) is 7. The molecule has 55 heavy (non-hydrogen) atoms. The molecule has 18 heteroatoms. The highest BCUT2D eigenvalue weighted by atomic mass is 15.4. The summed E-state index contributed by atoms with van der Waals surface area (Å²) in [4.78, 5) is 50.1. The van der Waals surface area contributed by atoms with E-state index >= 15 is 0 Å². The van der Waals surface area contributed by atoms with Crippen molar-refractivity contribution in [1.82, 2.24) is 60.7 Å². The normalized spacial score (nSPS) is 19.3. The van der Waals surface area contributed by atoms with Crippen LogP contribution in [0.5, 0.6) is 0 Å². The third-order valence-corrected chi connectivity index (χ3v) is 9.54. The number of guanidine groups is 6. The molecule has 3 unspecified atom stereocenters. The molecule has 0 saturated heterocycles. The maximum Gasteiger partial charge on any atom is 0.203 e. The van der Waals surface area contributed by atoms with Crippen LogP contribution in [0.1, 0.15) is 30.0 Å². The second-order valence-corrected chi connectivity index (χ2v) is 14.3. The second-order valence-electron chi connectivity index (χ2n) is 14.3. The molecule has 7 N–H and O–H groups in total. The molecule has 6 heterocycles. The Hall–Kier alpha value is -5.94. The van der Waals surface area contributed by atoms with Crippen molar-refractivity contribution < 1.29 is 0 Å². The first kappa shape index (κ1) is 38.8. The number of aliphatic imine (C=N–C) groups is 6. The first-order valence-electron chi connectivity index (χ1n) is 19.0. The minimum absolute atomic E-state index is 0.193. The minimum atomic E-state index is -0.377. The van der Waals surface area contributed by atoms with E-state index in [4.69, 9.17) is 25.0 Å². The largest absolute Gasteiger partial charge is 0.367 e. The van der Waals surface area contributed by atoms with Gasteiger partial charge in [-0.25, -0.2) is 30.0 Å². The van der Waals surface area contributed by atoms with Crippen molar-refractivity contribution in [3.8, 4) is 0 Å². The number of hydrogen-bond acceptors (Lipinski definition) is 15. The maximum atomic E-state index is 5.26. The molecule has 0 fully saturated rings. The topological polar surface area (TPSA) is 186 Å². The maximum absolute atomic E-state index is 5.26. The number of nitrogens with one attached hydrogen (secondary N) is 7. The van der Waals surface area contributed by atoms with Gasteiger partial charge in [-0.2, -0.15) is 0 Å². The SMILES string of the molecule is CNC1=NC(CN(CCc2cc[nH]c2)C2=NC(CCN(CCc3cc[nH]c3)C3=NC(C)N=C(N(C)C)N3)N=C(N(C)C)N2)N=C(N(C)CCc2cc[nH]c2)N1. The van der Waals surface area contributed by atoms with Crippen molar-refractivity contribution in [2.45, 2.75) is 51.1 Å². The molecule has 3 aromatic heterocycles. The fourth-order valence-corrected chi connectivity index (χ4v) is 6.37. The van der Waals surface area contributed by atoms with Crippen molar-refractivity contribution in [2.75, 3.05) is 75.0 Å². The molecule has 0 aromatic carbocycles. The van der Waals surface area contributed by atoms with E-state index in [1.165, 1.54) is 16.7 Å². The fraction of sp³-hybridized carbons (Fsp3) is 0.514. The van der Waals surface area contributed by atoms with E-state index in [1.807, 2.05) is 89.1 Å². The van der Waals surface area contributed by atoms with Crippen LogP contribution in [0.2, 0.25) is 0 Å². The summed E-state index contributed by atoms with van der Waals surface area (Å²) in [6.45, 7) is 5.48. The molecule has 3 atom stereocenters. The number of aromatic amines is 3. The van der Waals surface area contributed by atoms with Gasteiger partial charge in [-0.3, -0.25) is 16.0 Å². The first-order chi connectivity index (χ1) is 26.6. The van der Waals surface area contributed by atoms with Gasteiger partial charge in [0.1, 0.15) is 12.3 Å². The van der Waals surface area contributed by atoms with Crippen LogP contribution in [0.15, 0.2) is 85.3 Å². The van der Waals surface area contributed by atoms with Gasteiger partial charge in [0.2, 0.25) is 29.8 Å². The van der Waals surface area contributed by atoms with Crippen molar-refractivity contribution in [3.05, 3.63) is 72.1 Å².